The Balaban J connectivity index is 1.84. The lowest BCUT2D eigenvalue weighted by molar-refractivity contribution is 0.0660. The van der Waals surface area contributed by atoms with E-state index in [0.29, 0.717) is 10.9 Å². The summed E-state index contributed by atoms with van der Waals surface area (Å²) >= 11 is 4.51. The van der Waals surface area contributed by atoms with Crippen LogP contribution in [0.2, 0.25) is 0 Å². The van der Waals surface area contributed by atoms with E-state index < -0.39 is 12.0 Å². The first kappa shape index (κ1) is 13.6. The third-order valence-electron chi connectivity index (χ3n) is 1.99. The first-order valence-corrected chi connectivity index (χ1v) is 6.64. The monoisotopic (exact) mass is 345 g/mol. The highest BCUT2D eigenvalue weighted by atomic mass is 79.9. The number of halogens is 1. The zero-order valence-corrected chi connectivity index (χ0v) is 11.7. The average Bonchev–Trinajstić information content (AvgIpc) is 2.96. The van der Waals surface area contributed by atoms with Gasteiger partial charge in [0.2, 0.25) is 5.76 Å². The molecule has 0 saturated heterocycles. The third-order valence-corrected chi connectivity index (χ3v) is 3.39. The van der Waals surface area contributed by atoms with Gasteiger partial charge in [0.1, 0.15) is 5.76 Å². The lowest BCUT2D eigenvalue weighted by Gasteiger charge is -2.02. The van der Waals surface area contributed by atoms with E-state index in [1.807, 2.05) is 0 Å². The van der Waals surface area contributed by atoms with Crippen LogP contribution < -0.4 is 10.6 Å². The van der Waals surface area contributed by atoms with Crippen LogP contribution in [0.5, 0.6) is 0 Å². The van der Waals surface area contributed by atoms with Crippen LogP contribution in [0.1, 0.15) is 16.3 Å². The Morgan fingerprint density at radius 2 is 2.26 bits per heavy atom. The summed E-state index contributed by atoms with van der Waals surface area (Å²) in [6, 6.07) is 2.37. The lowest BCUT2D eigenvalue weighted by atomic mass is 10.4. The SMILES string of the molecule is O=C(NCc1ccc(C(=O)O)o1)Nc1ncc(Br)s1. The number of anilines is 1. The first-order chi connectivity index (χ1) is 9.04. The highest BCUT2D eigenvalue weighted by Gasteiger charge is 2.10. The van der Waals surface area contributed by atoms with Crippen molar-refractivity contribution in [2.45, 2.75) is 6.54 Å². The number of carboxylic acid groups (broad SMARTS) is 1. The number of thiazole rings is 1. The van der Waals surface area contributed by atoms with Crippen molar-refractivity contribution in [3.05, 3.63) is 33.6 Å². The van der Waals surface area contributed by atoms with E-state index in [-0.39, 0.29) is 12.3 Å². The number of urea groups is 1. The summed E-state index contributed by atoms with van der Waals surface area (Å²) in [6.07, 6.45) is 1.58. The third kappa shape index (κ3) is 3.80. The molecule has 0 fully saturated rings. The van der Waals surface area contributed by atoms with Gasteiger partial charge in [0.15, 0.2) is 5.13 Å². The second-order valence-electron chi connectivity index (χ2n) is 3.35. The molecule has 0 unspecified atom stereocenters. The molecular weight excluding hydrogens is 338 g/mol. The summed E-state index contributed by atoms with van der Waals surface area (Å²) in [7, 11) is 0. The average molecular weight is 346 g/mol. The maximum absolute atomic E-state index is 11.5. The number of carboxylic acids is 1. The number of aromatic carboxylic acids is 1. The number of hydrogen-bond acceptors (Lipinski definition) is 5. The van der Waals surface area contributed by atoms with Gasteiger partial charge in [-0.25, -0.2) is 14.6 Å². The number of aromatic nitrogens is 1. The molecule has 9 heteroatoms. The number of nitrogens with zero attached hydrogens (tertiary/aromatic N) is 1. The van der Waals surface area contributed by atoms with E-state index in [0.717, 1.165) is 3.79 Å². The second-order valence-corrected chi connectivity index (χ2v) is 5.76. The van der Waals surface area contributed by atoms with Crippen molar-refractivity contribution in [3.63, 3.8) is 0 Å². The summed E-state index contributed by atoms with van der Waals surface area (Å²) in [5, 5.41) is 14.2. The highest BCUT2D eigenvalue weighted by Crippen LogP contribution is 2.22. The number of amides is 2. The Hall–Kier alpha value is -1.87. The van der Waals surface area contributed by atoms with E-state index in [4.69, 9.17) is 9.52 Å². The fourth-order valence-electron chi connectivity index (χ4n) is 1.21. The summed E-state index contributed by atoms with van der Waals surface area (Å²) in [4.78, 5) is 26.0. The van der Waals surface area contributed by atoms with E-state index >= 15 is 0 Å². The van der Waals surface area contributed by atoms with Gasteiger partial charge in [-0.3, -0.25) is 5.32 Å². The Kier molecular flexibility index (Phi) is 4.17. The van der Waals surface area contributed by atoms with Crippen molar-refractivity contribution in [2.75, 3.05) is 5.32 Å². The van der Waals surface area contributed by atoms with Crippen LogP contribution in [0.3, 0.4) is 0 Å². The number of furan rings is 1. The van der Waals surface area contributed by atoms with Crippen molar-refractivity contribution >= 4 is 44.4 Å². The van der Waals surface area contributed by atoms with Crippen LogP contribution in [0, 0.1) is 0 Å². The Bertz CT molecular complexity index is 609. The van der Waals surface area contributed by atoms with Crippen molar-refractivity contribution < 1.29 is 19.1 Å². The molecule has 0 aromatic carbocycles. The maximum Gasteiger partial charge on any atom is 0.371 e. The van der Waals surface area contributed by atoms with Gasteiger partial charge >= 0.3 is 12.0 Å². The van der Waals surface area contributed by atoms with Crippen LogP contribution in [0.15, 0.2) is 26.5 Å². The predicted octanol–water partition coefficient (Wildman–Crippen LogP) is 2.52. The zero-order chi connectivity index (χ0) is 13.8. The molecule has 0 atom stereocenters. The van der Waals surface area contributed by atoms with E-state index in [9.17, 15) is 9.59 Å². The molecule has 3 N–H and O–H groups in total. The van der Waals surface area contributed by atoms with Crippen LogP contribution in [0.25, 0.3) is 0 Å². The zero-order valence-electron chi connectivity index (χ0n) is 9.34. The van der Waals surface area contributed by atoms with Gasteiger partial charge in [0.05, 0.1) is 16.5 Å². The lowest BCUT2D eigenvalue weighted by Crippen LogP contribution is -2.27. The van der Waals surface area contributed by atoms with Gasteiger partial charge in [-0.15, -0.1) is 0 Å². The molecule has 19 heavy (non-hydrogen) atoms. The molecular formula is C10H8BrN3O4S. The van der Waals surface area contributed by atoms with E-state index in [1.54, 1.807) is 6.20 Å². The summed E-state index contributed by atoms with van der Waals surface area (Å²) < 4.78 is 5.79. The molecule has 0 saturated carbocycles. The number of carbonyl (C=O) groups is 2. The van der Waals surface area contributed by atoms with Crippen molar-refractivity contribution in [1.29, 1.82) is 0 Å². The molecule has 2 aromatic heterocycles. The maximum atomic E-state index is 11.5. The number of hydrogen-bond donors (Lipinski definition) is 3. The quantitative estimate of drug-likeness (QED) is 0.789. The summed E-state index contributed by atoms with van der Waals surface area (Å²) in [5.74, 6) is -0.961. The molecule has 0 radical (unpaired) electrons. The smallest absolute Gasteiger partial charge is 0.371 e. The molecule has 0 bridgehead atoms. The van der Waals surface area contributed by atoms with Gasteiger partial charge in [0, 0.05) is 0 Å². The fraction of sp³-hybridized carbons (Fsp3) is 0.100. The van der Waals surface area contributed by atoms with Crippen LogP contribution in [-0.2, 0) is 6.54 Å². The van der Waals surface area contributed by atoms with Crippen LogP contribution in [0.4, 0.5) is 9.93 Å². The van der Waals surface area contributed by atoms with E-state index in [1.165, 1.54) is 23.5 Å². The predicted molar refractivity (Wildman–Crippen MR) is 71.3 cm³/mol. The number of carbonyl (C=O) groups excluding carboxylic acids is 1. The molecule has 100 valence electrons. The molecule has 2 heterocycles. The minimum absolute atomic E-state index is 0.0889. The molecule has 0 spiro atoms. The van der Waals surface area contributed by atoms with Gasteiger partial charge in [-0.2, -0.15) is 0 Å². The first-order valence-electron chi connectivity index (χ1n) is 5.03. The van der Waals surface area contributed by atoms with E-state index in [2.05, 4.69) is 31.5 Å². The topological polar surface area (TPSA) is 104 Å². The Labute approximate surface area is 119 Å². The molecule has 0 aliphatic heterocycles. The molecule has 7 nitrogen and oxygen atoms in total. The fourth-order valence-corrected chi connectivity index (χ4v) is 2.31. The molecule has 2 aromatic rings. The summed E-state index contributed by atoms with van der Waals surface area (Å²) in [6.45, 7) is 0.0889. The largest absolute Gasteiger partial charge is 0.475 e. The van der Waals surface area contributed by atoms with Gasteiger partial charge in [0.25, 0.3) is 0 Å². The molecule has 2 amide bonds. The van der Waals surface area contributed by atoms with Crippen molar-refractivity contribution in [2.24, 2.45) is 0 Å². The summed E-state index contributed by atoms with van der Waals surface area (Å²) in [5.41, 5.74) is 0. The molecule has 0 aliphatic rings. The Morgan fingerprint density at radius 3 is 2.84 bits per heavy atom. The van der Waals surface area contributed by atoms with Crippen LogP contribution >= 0.6 is 27.3 Å². The number of nitrogens with one attached hydrogen (secondary N) is 2. The minimum Gasteiger partial charge on any atom is -0.475 e. The minimum atomic E-state index is -1.15. The van der Waals surface area contributed by atoms with Crippen LogP contribution in [-0.4, -0.2) is 22.1 Å². The van der Waals surface area contributed by atoms with Gasteiger partial charge in [-0.05, 0) is 28.1 Å². The van der Waals surface area contributed by atoms with Crippen molar-refractivity contribution in [3.8, 4) is 0 Å². The Morgan fingerprint density at radius 1 is 1.47 bits per heavy atom. The second kappa shape index (κ2) is 5.85. The van der Waals surface area contributed by atoms with Crippen molar-refractivity contribution in [1.82, 2.24) is 10.3 Å². The van der Waals surface area contributed by atoms with Gasteiger partial charge < -0.3 is 14.8 Å². The normalized spacial score (nSPS) is 10.2. The van der Waals surface area contributed by atoms with Gasteiger partial charge in [-0.1, -0.05) is 11.3 Å². The molecule has 2 rings (SSSR count). The number of rotatable bonds is 4. The molecule has 0 aliphatic carbocycles. The standard InChI is InChI=1S/C10H8BrN3O4S/c11-7-4-13-10(19-7)14-9(17)12-3-5-1-2-6(18-5)8(15)16/h1-2,4H,3H2,(H,15,16)(H2,12,13,14,17). The highest BCUT2D eigenvalue weighted by molar-refractivity contribution is 9.11.